The Kier molecular flexibility index (Phi) is 6.71. The minimum atomic E-state index is -1.20. The fourth-order valence-electron chi connectivity index (χ4n) is 3.32. The molecule has 3 rings (SSSR count). The average Bonchev–Trinajstić information content (AvgIpc) is 2.72. The summed E-state index contributed by atoms with van der Waals surface area (Å²) in [7, 11) is 0. The molecule has 1 saturated heterocycles. The third-order valence-corrected chi connectivity index (χ3v) is 5.30. The summed E-state index contributed by atoms with van der Waals surface area (Å²) in [6, 6.07) is 10.3. The van der Waals surface area contributed by atoms with E-state index in [4.69, 9.17) is 16.7 Å². The number of hydrogen-bond acceptors (Lipinski definition) is 3. The number of piperazine rings is 1. The molecular weight excluding hydrogens is 397 g/mol. The predicted molar refractivity (Wildman–Crippen MR) is 110 cm³/mol. The minimum Gasteiger partial charge on any atom is -0.478 e. The van der Waals surface area contributed by atoms with Gasteiger partial charge in [-0.2, -0.15) is 0 Å². The normalized spacial score (nSPS) is 14.7. The molecule has 1 aliphatic rings. The second-order valence-electron chi connectivity index (χ2n) is 6.88. The van der Waals surface area contributed by atoms with E-state index in [1.54, 1.807) is 29.2 Å². The van der Waals surface area contributed by atoms with E-state index in [9.17, 15) is 14.0 Å². The van der Waals surface area contributed by atoms with Gasteiger partial charge in [0, 0.05) is 42.5 Å². The molecule has 2 aromatic rings. The Balaban J connectivity index is 1.88. The van der Waals surface area contributed by atoms with Gasteiger partial charge in [0.25, 0.3) is 0 Å². The molecule has 154 valence electrons. The van der Waals surface area contributed by atoms with Gasteiger partial charge in [-0.05, 0) is 36.9 Å². The van der Waals surface area contributed by atoms with Crippen LogP contribution in [0.4, 0.5) is 14.9 Å². The molecule has 0 saturated carbocycles. The number of carbonyl (C=O) groups is 2. The molecular formula is C21H23ClFN3O3. The zero-order chi connectivity index (χ0) is 21.0. The van der Waals surface area contributed by atoms with Crippen LogP contribution in [0.2, 0.25) is 5.02 Å². The third-order valence-electron chi connectivity index (χ3n) is 5.07. The summed E-state index contributed by atoms with van der Waals surface area (Å²) in [6.45, 7) is 5.73. The molecule has 1 aliphatic heterocycles. The van der Waals surface area contributed by atoms with Gasteiger partial charge in [-0.25, -0.2) is 14.0 Å². The van der Waals surface area contributed by atoms with Crippen LogP contribution in [0.3, 0.4) is 0 Å². The first-order valence-electron chi connectivity index (χ1n) is 9.45. The molecule has 29 heavy (non-hydrogen) atoms. The van der Waals surface area contributed by atoms with Crippen LogP contribution in [0.1, 0.15) is 22.8 Å². The van der Waals surface area contributed by atoms with Crippen LogP contribution in [-0.4, -0.2) is 59.6 Å². The van der Waals surface area contributed by atoms with Crippen molar-refractivity contribution in [1.82, 2.24) is 9.80 Å². The zero-order valence-corrected chi connectivity index (χ0v) is 16.9. The molecule has 2 amide bonds. The summed E-state index contributed by atoms with van der Waals surface area (Å²) in [5.41, 5.74) is 0.653. The number of likely N-dealkylation sites (N-methyl/N-ethyl adjacent to an activating group) is 1. The Morgan fingerprint density at radius 1 is 1.14 bits per heavy atom. The molecule has 1 N–H and O–H groups in total. The van der Waals surface area contributed by atoms with Crippen LogP contribution in [0.5, 0.6) is 0 Å². The lowest BCUT2D eigenvalue weighted by molar-refractivity contribution is 0.0696. The van der Waals surface area contributed by atoms with Crippen molar-refractivity contribution in [3.05, 3.63) is 64.4 Å². The fraction of sp³-hybridized carbons (Fsp3) is 0.333. The standard InChI is InChI=1S/C21H23ClFN3O3/c1-2-24-8-10-25(11-9-24)21(29)26(18-5-3-4-17(22)13-18)14-16-7-6-15(20(27)28)12-19(16)23/h3-7,12-13H,2,8-11,14H2,1H3,(H,27,28). The van der Waals surface area contributed by atoms with Gasteiger partial charge in [-0.3, -0.25) is 4.90 Å². The zero-order valence-electron chi connectivity index (χ0n) is 16.1. The van der Waals surface area contributed by atoms with E-state index in [-0.39, 0.29) is 23.7 Å². The Bertz CT molecular complexity index is 900. The summed E-state index contributed by atoms with van der Waals surface area (Å²) in [4.78, 5) is 29.8. The van der Waals surface area contributed by atoms with Gasteiger partial charge in [0.1, 0.15) is 5.82 Å². The first-order valence-corrected chi connectivity index (χ1v) is 9.83. The van der Waals surface area contributed by atoms with Gasteiger partial charge in [-0.15, -0.1) is 0 Å². The van der Waals surface area contributed by atoms with E-state index >= 15 is 0 Å². The van der Waals surface area contributed by atoms with Crippen molar-refractivity contribution in [1.29, 1.82) is 0 Å². The summed E-state index contributed by atoms with van der Waals surface area (Å²) >= 11 is 6.11. The molecule has 1 fully saturated rings. The summed E-state index contributed by atoms with van der Waals surface area (Å²) in [5.74, 6) is -1.87. The lowest BCUT2D eigenvalue weighted by Gasteiger charge is -2.37. The molecule has 0 bridgehead atoms. The maximum atomic E-state index is 14.5. The molecule has 0 spiro atoms. The number of hydrogen-bond donors (Lipinski definition) is 1. The highest BCUT2D eigenvalue weighted by molar-refractivity contribution is 6.30. The second-order valence-corrected chi connectivity index (χ2v) is 7.32. The third kappa shape index (κ3) is 5.05. The molecule has 2 aromatic carbocycles. The molecule has 0 radical (unpaired) electrons. The van der Waals surface area contributed by atoms with Crippen LogP contribution in [0.15, 0.2) is 42.5 Å². The smallest absolute Gasteiger partial charge is 0.335 e. The van der Waals surface area contributed by atoms with Crippen molar-refractivity contribution in [2.24, 2.45) is 0 Å². The van der Waals surface area contributed by atoms with Crippen molar-refractivity contribution in [3.63, 3.8) is 0 Å². The molecule has 6 nitrogen and oxygen atoms in total. The predicted octanol–water partition coefficient (Wildman–Crippen LogP) is 3.94. The highest BCUT2D eigenvalue weighted by Gasteiger charge is 2.27. The molecule has 0 unspecified atom stereocenters. The van der Waals surface area contributed by atoms with Gasteiger partial charge in [0.15, 0.2) is 0 Å². The fourth-order valence-corrected chi connectivity index (χ4v) is 3.50. The van der Waals surface area contributed by atoms with Gasteiger partial charge in [0.2, 0.25) is 0 Å². The van der Waals surface area contributed by atoms with Crippen molar-refractivity contribution in [2.45, 2.75) is 13.5 Å². The van der Waals surface area contributed by atoms with E-state index < -0.39 is 11.8 Å². The SMILES string of the molecule is CCN1CCN(C(=O)N(Cc2ccc(C(=O)O)cc2F)c2cccc(Cl)c2)CC1. The maximum absolute atomic E-state index is 14.5. The van der Waals surface area contributed by atoms with Gasteiger partial charge >= 0.3 is 12.0 Å². The van der Waals surface area contributed by atoms with Crippen LogP contribution in [-0.2, 0) is 6.54 Å². The molecule has 8 heteroatoms. The number of urea groups is 1. The van der Waals surface area contributed by atoms with Crippen molar-refractivity contribution in [2.75, 3.05) is 37.6 Å². The summed E-state index contributed by atoms with van der Waals surface area (Å²) < 4.78 is 14.5. The highest BCUT2D eigenvalue weighted by atomic mass is 35.5. The van der Waals surface area contributed by atoms with Crippen LogP contribution < -0.4 is 4.90 Å². The molecule has 1 heterocycles. The average molecular weight is 420 g/mol. The number of anilines is 1. The quantitative estimate of drug-likeness (QED) is 0.797. The van der Waals surface area contributed by atoms with Crippen molar-refractivity contribution >= 4 is 29.3 Å². The lowest BCUT2D eigenvalue weighted by atomic mass is 10.1. The van der Waals surface area contributed by atoms with E-state index in [1.807, 2.05) is 0 Å². The number of benzene rings is 2. The Hall–Kier alpha value is -2.64. The van der Waals surface area contributed by atoms with Crippen LogP contribution >= 0.6 is 11.6 Å². The Morgan fingerprint density at radius 2 is 1.86 bits per heavy atom. The summed E-state index contributed by atoms with van der Waals surface area (Å²) in [6.07, 6.45) is 0. The lowest BCUT2D eigenvalue weighted by Crippen LogP contribution is -2.52. The highest BCUT2D eigenvalue weighted by Crippen LogP contribution is 2.24. The number of halogens is 2. The van der Waals surface area contributed by atoms with Crippen LogP contribution in [0, 0.1) is 5.82 Å². The monoisotopic (exact) mass is 419 g/mol. The number of aromatic carboxylic acids is 1. The molecule has 0 aromatic heterocycles. The second kappa shape index (κ2) is 9.24. The minimum absolute atomic E-state index is 0.0289. The Labute approximate surface area is 174 Å². The Morgan fingerprint density at radius 3 is 2.45 bits per heavy atom. The van der Waals surface area contributed by atoms with E-state index in [0.717, 1.165) is 25.7 Å². The largest absolute Gasteiger partial charge is 0.478 e. The number of rotatable bonds is 5. The first-order chi connectivity index (χ1) is 13.9. The molecule has 0 aliphatic carbocycles. The first kappa shape index (κ1) is 21.1. The number of carboxylic acid groups (broad SMARTS) is 1. The van der Waals surface area contributed by atoms with Crippen molar-refractivity contribution < 1.29 is 19.1 Å². The van der Waals surface area contributed by atoms with E-state index in [1.165, 1.54) is 17.0 Å². The summed E-state index contributed by atoms with van der Waals surface area (Å²) in [5, 5.41) is 9.50. The number of nitrogens with zero attached hydrogens (tertiary/aromatic N) is 3. The number of amides is 2. The number of carbonyl (C=O) groups excluding carboxylic acids is 1. The number of carboxylic acids is 1. The molecule has 0 atom stereocenters. The van der Waals surface area contributed by atoms with Gasteiger partial charge < -0.3 is 14.9 Å². The van der Waals surface area contributed by atoms with Gasteiger partial charge in [0.05, 0.1) is 12.1 Å². The van der Waals surface area contributed by atoms with Crippen molar-refractivity contribution in [3.8, 4) is 0 Å². The van der Waals surface area contributed by atoms with Crippen LogP contribution in [0.25, 0.3) is 0 Å². The van der Waals surface area contributed by atoms with E-state index in [0.29, 0.717) is 23.8 Å². The maximum Gasteiger partial charge on any atom is 0.335 e. The van der Waals surface area contributed by atoms with Gasteiger partial charge in [-0.1, -0.05) is 30.7 Å². The topological polar surface area (TPSA) is 64.1 Å². The van der Waals surface area contributed by atoms with E-state index in [2.05, 4.69) is 11.8 Å².